The molecule has 0 aliphatic rings. The molecule has 10 N–H and O–H groups in total. The number of aliphatic carboxylic acids is 2. The van der Waals surface area contributed by atoms with E-state index in [-0.39, 0.29) is 12.8 Å². The summed E-state index contributed by atoms with van der Waals surface area (Å²) in [7, 11) is 0. The molecule has 4 unspecified atom stereocenters. The predicted molar refractivity (Wildman–Crippen MR) is 104 cm³/mol. The Morgan fingerprint density at radius 3 is 1.93 bits per heavy atom. The van der Waals surface area contributed by atoms with Crippen LogP contribution < -0.4 is 27.4 Å². The third kappa shape index (κ3) is 10.7. The average Bonchev–Trinajstić information content (AvgIpc) is 2.67. The number of carbonyl (C=O) groups excluding carboxylic acids is 3. The Labute approximate surface area is 173 Å². The number of rotatable bonds is 15. The Morgan fingerprint density at radius 1 is 0.867 bits per heavy atom. The number of carbonyl (C=O) groups is 5. The van der Waals surface area contributed by atoms with Crippen molar-refractivity contribution in [2.45, 2.75) is 63.3 Å². The molecule has 4 atom stereocenters. The molecule has 0 saturated heterocycles. The van der Waals surface area contributed by atoms with Crippen LogP contribution in [-0.4, -0.2) is 82.3 Å². The largest absolute Gasteiger partial charge is 0.481 e. The summed E-state index contributed by atoms with van der Waals surface area (Å²) in [5.74, 6) is -5.04. The van der Waals surface area contributed by atoms with Crippen molar-refractivity contribution in [3.63, 3.8) is 0 Å². The number of amides is 3. The zero-order chi connectivity index (χ0) is 23.3. The molecule has 0 aromatic rings. The number of hydrogen-bond donors (Lipinski definition) is 8. The topological polar surface area (TPSA) is 234 Å². The molecule has 0 heterocycles. The van der Waals surface area contributed by atoms with Crippen molar-refractivity contribution in [2.75, 3.05) is 13.1 Å². The monoisotopic (exact) mass is 433 g/mol. The van der Waals surface area contributed by atoms with Crippen LogP contribution in [0.4, 0.5) is 0 Å². The zero-order valence-corrected chi connectivity index (χ0v) is 16.8. The molecule has 0 aliphatic heterocycles. The van der Waals surface area contributed by atoms with Crippen LogP contribution in [0.2, 0.25) is 0 Å². The highest BCUT2D eigenvalue weighted by atomic mass is 16.4. The minimum absolute atomic E-state index is 0.109. The lowest BCUT2D eigenvalue weighted by Crippen LogP contribution is -2.58. The number of unbranched alkanes of at least 4 members (excludes halogenated alkanes) is 1. The van der Waals surface area contributed by atoms with Crippen LogP contribution in [0.5, 0.6) is 0 Å². The van der Waals surface area contributed by atoms with E-state index in [9.17, 15) is 34.2 Å². The lowest BCUT2D eigenvalue weighted by molar-refractivity contribution is -0.143. The summed E-state index contributed by atoms with van der Waals surface area (Å²) in [5.41, 5.74) is 10.6. The molecular weight excluding hydrogens is 402 g/mol. The van der Waals surface area contributed by atoms with Gasteiger partial charge < -0.3 is 42.7 Å². The number of nitrogens with two attached hydrogens (primary N) is 2. The first kappa shape index (κ1) is 27.2. The highest BCUT2D eigenvalue weighted by molar-refractivity contribution is 5.93. The molecule has 3 amide bonds. The molecule has 0 rings (SSSR count). The van der Waals surface area contributed by atoms with Gasteiger partial charge in [-0.3, -0.25) is 19.2 Å². The molecule has 0 radical (unpaired) electrons. The van der Waals surface area contributed by atoms with Gasteiger partial charge in [-0.05, 0) is 39.2 Å². The Bertz CT molecular complexity index is 613. The van der Waals surface area contributed by atoms with Crippen molar-refractivity contribution in [2.24, 2.45) is 11.5 Å². The second-order valence-electron chi connectivity index (χ2n) is 6.67. The maximum absolute atomic E-state index is 12.6. The molecule has 0 aromatic carbocycles. The van der Waals surface area contributed by atoms with E-state index < -0.39 is 66.9 Å². The summed E-state index contributed by atoms with van der Waals surface area (Å²) < 4.78 is 0. The number of aliphatic hydroxyl groups is 1. The first-order valence-corrected chi connectivity index (χ1v) is 9.46. The number of aliphatic hydroxyl groups excluding tert-OH is 1. The van der Waals surface area contributed by atoms with Crippen molar-refractivity contribution >= 4 is 29.7 Å². The minimum atomic E-state index is -1.47. The highest BCUT2D eigenvalue weighted by Gasteiger charge is 2.31. The van der Waals surface area contributed by atoms with Crippen LogP contribution in [-0.2, 0) is 24.0 Å². The van der Waals surface area contributed by atoms with Crippen LogP contribution in [0.3, 0.4) is 0 Å². The van der Waals surface area contributed by atoms with Crippen LogP contribution in [0.15, 0.2) is 0 Å². The molecule has 0 fully saturated rings. The molecule has 0 aliphatic carbocycles. The van der Waals surface area contributed by atoms with Crippen LogP contribution in [0, 0.1) is 0 Å². The minimum Gasteiger partial charge on any atom is -0.481 e. The van der Waals surface area contributed by atoms with Crippen molar-refractivity contribution < 1.29 is 39.3 Å². The standard InChI is InChI=1S/C17H31N5O8/c1-9(23)14(22-12(24)8-19)16(28)20-10(4-2-3-7-18)15(27)21-11(17(29)30)5-6-13(25)26/h9-11,14,23H,2-8,18-19H2,1H3,(H,20,28)(H,21,27)(H,22,24)(H,25,26)(H,29,30). The fourth-order valence-electron chi connectivity index (χ4n) is 2.46. The van der Waals surface area contributed by atoms with E-state index in [0.717, 1.165) is 0 Å². The van der Waals surface area contributed by atoms with Crippen molar-refractivity contribution in [3.05, 3.63) is 0 Å². The van der Waals surface area contributed by atoms with Crippen LogP contribution >= 0.6 is 0 Å². The van der Waals surface area contributed by atoms with Gasteiger partial charge in [0.25, 0.3) is 0 Å². The average molecular weight is 433 g/mol. The number of hydrogen-bond acceptors (Lipinski definition) is 8. The second-order valence-corrected chi connectivity index (χ2v) is 6.67. The molecule has 13 nitrogen and oxygen atoms in total. The van der Waals surface area contributed by atoms with Gasteiger partial charge in [0.2, 0.25) is 17.7 Å². The number of carboxylic acids is 2. The van der Waals surface area contributed by atoms with E-state index in [1.165, 1.54) is 6.92 Å². The van der Waals surface area contributed by atoms with Crippen LogP contribution in [0.25, 0.3) is 0 Å². The van der Waals surface area contributed by atoms with Crippen molar-refractivity contribution in [1.82, 2.24) is 16.0 Å². The van der Waals surface area contributed by atoms with E-state index in [2.05, 4.69) is 16.0 Å². The summed E-state index contributed by atoms with van der Waals surface area (Å²) in [4.78, 5) is 58.5. The molecule has 30 heavy (non-hydrogen) atoms. The van der Waals surface area contributed by atoms with Gasteiger partial charge in [-0.1, -0.05) is 0 Å². The van der Waals surface area contributed by atoms with Gasteiger partial charge in [0.05, 0.1) is 12.6 Å². The molecule has 0 spiro atoms. The summed E-state index contributed by atoms with van der Waals surface area (Å²) >= 11 is 0. The Hall–Kier alpha value is -2.77. The highest BCUT2D eigenvalue weighted by Crippen LogP contribution is 2.05. The van der Waals surface area contributed by atoms with E-state index in [4.69, 9.17) is 16.6 Å². The maximum atomic E-state index is 12.6. The number of carboxylic acid groups (broad SMARTS) is 2. The SMILES string of the molecule is CC(O)C(NC(=O)CN)C(=O)NC(CCCCN)C(=O)NC(CCC(=O)O)C(=O)O. The fraction of sp³-hybridized carbons (Fsp3) is 0.706. The summed E-state index contributed by atoms with van der Waals surface area (Å²) in [5, 5.41) is 34.5. The summed E-state index contributed by atoms with van der Waals surface area (Å²) in [6, 6.07) is -4.04. The van der Waals surface area contributed by atoms with Crippen molar-refractivity contribution in [1.29, 1.82) is 0 Å². The van der Waals surface area contributed by atoms with Gasteiger partial charge in [-0.2, -0.15) is 0 Å². The normalized spacial score (nSPS) is 14.7. The Morgan fingerprint density at radius 2 is 1.47 bits per heavy atom. The molecule has 0 saturated carbocycles. The summed E-state index contributed by atoms with van der Waals surface area (Å²) in [6.45, 7) is 1.18. The fourth-order valence-corrected chi connectivity index (χ4v) is 2.46. The molecular formula is C17H31N5O8. The molecule has 172 valence electrons. The maximum Gasteiger partial charge on any atom is 0.326 e. The van der Waals surface area contributed by atoms with E-state index in [1.54, 1.807) is 0 Å². The van der Waals surface area contributed by atoms with Crippen molar-refractivity contribution in [3.8, 4) is 0 Å². The second kappa shape index (κ2) is 14.3. The van der Waals surface area contributed by atoms with Gasteiger partial charge >= 0.3 is 11.9 Å². The van der Waals surface area contributed by atoms with Gasteiger partial charge in [-0.15, -0.1) is 0 Å². The molecule has 0 aromatic heterocycles. The third-order valence-electron chi connectivity index (χ3n) is 4.11. The number of nitrogens with one attached hydrogen (secondary N) is 3. The lowest BCUT2D eigenvalue weighted by atomic mass is 10.1. The van der Waals surface area contributed by atoms with E-state index in [0.29, 0.717) is 19.4 Å². The molecule has 0 bridgehead atoms. The van der Waals surface area contributed by atoms with Gasteiger partial charge in [0, 0.05) is 6.42 Å². The first-order chi connectivity index (χ1) is 14.0. The third-order valence-corrected chi connectivity index (χ3v) is 4.11. The first-order valence-electron chi connectivity index (χ1n) is 9.46. The van der Waals surface area contributed by atoms with Gasteiger partial charge in [0.15, 0.2) is 0 Å². The quantitative estimate of drug-likeness (QED) is 0.121. The van der Waals surface area contributed by atoms with E-state index in [1.807, 2.05) is 0 Å². The Kier molecular flexibility index (Phi) is 12.9. The lowest BCUT2D eigenvalue weighted by Gasteiger charge is -2.25. The van der Waals surface area contributed by atoms with Gasteiger partial charge in [-0.25, -0.2) is 4.79 Å². The Balaban J connectivity index is 5.32. The zero-order valence-electron chi connectivity index (χ0n) is 16.8. The smallest absolute Gasteiger partial charge is 0.326 e. The molecule has 13 heteroatoms. The summed E-state index contributed by atoms with van der Waals surface area (Å²) in [6.07, 6.45) is -1.05. The van der Waals surface area contributed by atoms with Gasteiger partial charge in [0.1, 0.15) is 18.1 Å². The predicted octanol–water partition coefficient (Wildman–Crippen LogP) is -3.14. The van der Waals surface area contributed by atoms with E-state index >= 15 is 0 Å². The van der Waals surface area contributed by atoms with Crippen LogP contribution in [0.1, 0.15) is 39.0 Å².